The highest BCUT2D eigenvalue weighted by atomic mass is 16.4. The van der Waals surface area contributed by atoms with Crippen molar-refractivity contribution < 1.29 is 14.7 Å². The molecule has 1 heterocycles. The van der Waals surface area contributed by atoms with Gasteiger partial charge in [-0.05, 0) is 56.9 Å². The van der Waals surface area contributed by atoms with Crippen LogP contribution in [0, 0.1) is 23.7 Å². The van der Waals surface area contributed by atoms with E-state index in [1.54, 1.807) is 0 Å². The first kappa shape index (κ1) is 14.8. The molecule has 5 atom stereocenters. The van der Waals surface area contributed by atoms with E-state index in [4.69, 9.17) is 5.11 Å². The molecule has 3 fully saturated rings. The Morgan fingerprint density at radius 3 is 2.67 bits per heavy atom. The third-order valence-electron chi connectivity index (χ3n) is 5.81. The van der Waals surface area contributed by atoms with Crippen LogP contribution in [-0.2, 0) is 9.59 Å². The third-order valence-corrected chi connectivity index (χ3v) is 5.81. The number of aliphatic carboxylic acids is 1. The summed E-state index contributed by atoms with van der Waals surface area (Å²) in [4.78, 5) is 25.0. The van der Waals surface area contributed by atoms with Crippen LogP contribution in [0.25, 0.3) is 0 Å². The zero-order valence-electron chi connectivity index (χ0n) is 12.8. The Morgan fingerprint density at radius 2 is 2.10 bits per heavy atom. The van der Waals surface area contributed by atoms with E-state index in [2.05, 4.69) is 12.2 Å². The zero-order valence-corrected chi connectivity index (χ0v) is 12.8. The SMILES string of the molecule is CC(NC(=O)CN1CCC(C(=O)O)C1)C1CC2CCC1C2. The van der Waals surface area contributed by atoms with Gasteiger partial charge in [-0.1, -0.05) is 6.42 Å². The van der Waals surface area contributed by atoms with Gasteiger partial charge in [0, 0.05) is 12.6 Å². The maximum atomic E-state index is 12.1. The molecule has 5 heteroatoms. The fourth-order valence-electron chi connectivity index (χ4n) is 4.69. The second-order valence-corrected chi connectivity index (χ2v) is 7.25. The van der Waals surface area contributed by atoms with Crippen LogP contribution in [0.15, 0.2) is 0 Å². The third kappa shape index (κ3) is 3.23. The maximum Gasteiger partial charge on any atom is 0.307 e. The van der Waals surface area contributed by atoms with Gasteiger partial charge in [0.05, 0.1) is 12.5 Å². The van der Waals surface area contributed by atoms with Gasteiger partial charge in [0.1, 0.15) is 0 Å². The molecule has 3 aliphatic rings. The van der Waals surface area contributed by atoms with Crippen LogP contribution in [0.3, 0.4) is 0 Å². The summed E-state index contributed by atoms with van der Waals surface area (Å²) in [5.41, 5.74) is 0. The Bertz CT molecular complexity index is 426. The van der Waals surface area contributed by atoms with Crippen molar-refractivity contribution in [3.63, 3.8) is 0 Å². The first-order valence-corrected chi connectivity index (χ1v) is 8.27. The van der Waals surface area contributed by atoms with Crippen LogP contribution in [0.1, 0.15) is 39.0 Å². The number of likely N-dealkylation sites (tertiary alicyclic amines) is 1. The van der Waals surface area contributed by atoms with Crippen LogP contribution < -0.4 is 5.32 Å². The van der Waals surface area contributed by atoms with E-state index in [0.717, 1.165) is 11.8 Å². The largest absolute Gasteiger partial charge is 0.481 e. The number of hydrogen-bond acceptors (Lipinski definition) is 3. The molecular weight excluding hydrogens is 268 g/mol. The lowest BCUT2D eigenvalue weighted by Gasteiger charge is -2.29. The normalized spacial score (nSPS) is 36.8. The highest BCUT2D eigenvalue weighted by Gasteiger charge is 2.42. The van der Waals surface area contributed by atoms with Crippen molar-refractivity contribution in [2.75, 3.05) is 19.6 Å². The minimum absolute atomic E-state index is 0.0521. The topological polar surface area (TPSA) is 69.6 Å². The average Bonchev–Trinajstić information content (AvgIpc) is 3.13. The minimum atomic E-state index is -0.742. The number of carboxylic acid groups (broad SMARTS) is 1. The summed E-state index contributed by atoms with van der Waals surface area (Å²) in [5.74, 6) is 1.37. The molecule has 3 rings (SSSR count). The highest BCUT2D eigenvalue weighted by molar-refractivity contribution is 5.78. The second-order valence-electron chi connectivity index (χ2n) is 7.25. The molecule has 0 aromatic rings. The van der Waals surface area contributed by atoms with Crippen molar-refractivity contribution in [1.82, 2.24) is 10.2 Å². The lowest BCUT2D eigenvalue weighted by atomic mass is 9.84. The molecule has 1 aliphatic heterocycles. The van der Waals surface area contributed by atoms with Crippen LogP contribution in [0.2, 0.25) is 0 Å². The number of nitrogens with zero attached hydrogens (tertiary/aromatic N) is 1. The van der Waals surface area contributed by atoms with Gasteiger partial charge in [0.2, 0.25) is 5.91 Å². The van der Waals surface area contributed by atoms with Crippen molar-refractivity contribution in [2.24, 2.45) is 23.7 Å². The fourth-order valence-corrected chi connectivity index (χ4v) is 4.69. The molecule has 118 valence electrons. The van der Waals surface area contributed by atoms with E-state index >= 15 is 0 Å². The first-order valence-electron chi connectivity index (χ1n) is 8.27. The van der Waals surface area contributed by atoms with Crippen LogP contribution in [0.5, 0.6) is 0 Å². The van der Waals surface area contributed by atoms with E-state index in [1.165, 1.54) is 25.7 Å². The molecule has 1 saturated heterocycles. The molecule has 5 unspecified atom stereocenters. The Hall–Kier alpha value is -1.10. The maximum absolute atomic E-state index is 12.1. The first-order chi connectivity index (χ1) is 10.0. The van der Waals surface area contributed by atoms with E-state index in [1.807, 2.05) is 4.90 Å². The quantitative estimate of drug-likeness (QED) is 0.802. The van der Waals surface area contributed by atoms with E-state index < -0.39 is 5.97 Å². The summed E-state index contributed by atoms with van der Waals surface area (Å²) in [6, 6.07) is 0.255. The van der Waals surface area contributed by atoms with Crippen molar-refractivity contribution in [2.45, 2.75) is 45.1 Å². The van der Waals surface area contributed by atoms with Gasteiger partial charge in [-0.25, -0.2) is 0 Å². The van der Waals surface area contributed by atoms with E-state index in [9.17, 15) is 9.59 Å². The van der Waals surface area contributed by atoms with Crippen LogP contribution in [0.4, 0.5) is 0 Å². The van der Waals surface area contributed by atoms with Gasteiger partial charge >= 0.3 is 5.97 Å². The Kier molecular flexibility index (Phi) is 4.20. The Balaban J connectivity index is 1.43. The summed E-state index contributed by atoms with van der Waals surface area (Å²) >= 11 is 0. The number of carbonyl (C=O) groups excluding carboxylic acids is 1. The molecule has 0 aromatic carbocycles. The molecule has 1 amide bonds. The number of carboxylic acids is 1. The van der Waals surface area contributed by atoms with Gasteiger partial charge in [0.25, 0.3) is 0 Å². The minimum Gasteiger partial charge on any atom is -0.481 e. The number of nitrogens with one attached hydrogen (secondary N) is 1. The predicted octanol–water partition coefficient (Wildman–Crippen LogP) is 1.33. The van der Waals surface area contributed by atoms with Crippen molar-refractivity contribution in [3.8, 4) is 0 Å². The molecule has 0 radical (unpaired) electrons. The summed E-state index contributed by atoms with van der Waals surface area (Å²) in [7, 11) is 0. The molecule has 2 saturated carbocycles. The molecule has 0 spiro atoms. The molecule has 5 nitrogen and oxygen atoms in total. The van der Waals surface area contributed by atoms with Crippen molar-refractivity contribution >= 4 is 11.9 Å². The molecule has 2 aliphatic carbocycles. The number of fused-ring (bicyclic) bond motifs is 2. The van der Waals surface area contributed by atoms with Gasteiger partial charge in [-0.15, -0.1) is 0 Å². The van der Waals surface area contributed by atoms with Gasteiger partial charge in [-0.3, -0.25) is 14.5 Å². The predicted molar refractivity (Wildman–Crippen MR) is 78.7 cm³/mol. The highest BCUT2D eigenvalue weighted by Crippen LogP contribution is 2.49. The van der Waals surface area contributed by atoms with E-state index in [-0.39, 0.29) is 17.9 Å². The standard InChI is InChI=1S/C16H26N2O3/c1-10(14-7-11-2-3-12(14)6-11)17-15(19)9-18-5-4-13(8-18)16(20)21/h10-14H,2-9H2,1H3,(H,17,19)(H,20,21). The Labute approximate surface area is 126 Å². The lowest BCUT2D eigenvalue weighted by Crippen LogP contribution is -2.44. The van der Waals surface area contributed by atoms with Gasteiger partial charge in [0.15, 0.2) is 0 Å². The number of carbonyl (C=O) groups is 2. The Morgan fingerprint density at radius 1 is 1.29 bits per heavy atom. The fraction of sp³-hybridized carbons (Fsp3) is 0.875. The van der Waals surface area contributed by atoms with Gasteiger partial charge < -0.3 is 10.4 Å². The molecule has 21 heavy (non-hydrogen) atoms. The number of hydrogen-bond donors (Lipinski definition) is 2. The molecule has 0 aromatic heterocycles. The molecule has 2 bridgehead atoms. The average molecular weight is 294 g/mol. The second kappa shape index (κ2) is 5.95. The smallest absolute Gasteiger partial charge is 0.307 e. The molecular formula is C16H26N2O3. The zero-order chi connectivity index (χ0) is 15.0. The lowest BCUT2D eigenvalue weighted by molar-refractivity contribution is -0.141. The monoisotopic (exact) mass is 294 g/mol. The van der Waals surface area contributed by atoms with Crippen molar-refractivity contribution in [1.29, 1.82) is 0 Å². The van der Waals surface area contributed by atoms with Crippen LogP contribution >= 0.6 is 0 Å². The van der Waals surface area contributed by atoms with Crippen molar-refractivity contribution in [3.05, 3.63) is 0 Å². The van der Waals surface area contributed by atoms with E-state index in [0.29, 0.717) is 32.0 Å². The summed E-state index contributed by atoms with van der Waals surface area (Å²) in [6.07, 6.45) is 6.01. The van der Waals surface area contributed by atoms with Gasteiger partial charge in [-0.2, -0.15) is 0 Å². The molecule has 2 N–H and O–H groups in total. The summed E-state index contributed by atoms with van der Waals surface area (Å²) in [5, 5.41) is 12.1. The number of amides is 1. The summed E-state index contributed by atoms with van der Waals surface area (Å²) < 4.78 is 0. The van der Waals surface area contributed by atoms with Crippen LogP contribution in [-0.4, -0.2) is 47.6 Å². The number of rotatable bonds is 5. The summed E-state index contributed by atoms with van der Waals surface area (Å²) in [6.45, 7) is 3.69.